The zero-order valence-electron chi connectivity index (χ0n) is 10.6. The Labute approximate surface area is 117 Å². The Bertz CT molecular complexity index is 545. The molecule has 0 aliphatic rings. The van der Waals surface area contributed by atoms with Crippen molar-refractivity contribution in [3.05, 3.63) is 59.1 Å². The van der Waals surface area contributed by atoms with Gasteiger partial charge in [-0.3, -0.25) is 0 Å². The first-order valence-corrected chi connectivity index (χ1v) is 6.38. The van der Waals surface area contributed by atoms with Gasteiger partial charge in [-0.15, -0.1) is 0 Å². The topological polar surface area (TPSA) is 41.5 Å². The van der Waals surface area contributed by atoms with Gasteiger partial charge in [-0.05, 0) is 29.8 Å². The standard InChI is InChI=1S/C15H16ClNO2/c1-19-12-6-4-5-11(9-12)15(10-18)17-14-8-3-2-7-13(14)16/h2-9,15,17-18H,10H2,1H3. The highest BCUT2D eigenvalue weighted by Crippen LogP contribution is 2.27. The molecule has 4 heteroatoms. The van der Waals surface area contributed by atoms with Crippen LogP contribution in [0.3, 0.4) is 0 Å². The summed E-state index contributed by atoms with van der Waals surface area (Å²) in [4.78, 5) is 0. The third kappa shape index (κ3) is 3.40. The van der Waals surface area contributed by atoms with Gasteiger partial charge in [0, 0.05) is 0 Å². The van der Waals surface area contributed by atoms with Crippen LogP contribution in [0.1, 0.15) is 11.6 Å². The van der Waals surface area contributed by atoms with Crippen molar-refractivity contribution < 1.29 is 9.84 Å². The first-order valence-electron chi connectivity index (χ1n) is 6.00. The number of hydrogen-bond acceptors (Lipinski definition) is 3. The lowest BCUT2D eigenvalue weighted by Gasteiger charge is -2.19. The predicted molar refractivity (Wildman–Crippen MR) is 77.9 cm³/mol. The van der Waals surface area contributed by atoms with E-state index in [0.717, 1.165) is 17.0 Å². The number of rotatable bonds is 5. The summed E-state index contributed by atoms with van der Waals surface area (Å²) in [6.07, 6.45) is 0. The smallest absolute Gasteiger partial charge is 0.119 e. The third-order valence-electron chi connectivity index (χ3n) is 2.88. The summed E-state index contributed by atoms with van der Waals surface area (Å²) in [6, 6.07) is 14.8. The summed E-state index contributed by atoms with van der Waals surface area (Å²) in [6.45, 7) is -0.0294. The normalized spacial score (nSPS) is 11.9. The predicted octanol–water partition coefficient (Wildman–Crippen LogP) is 3.49. The van der Waals surface area contributed by atoms with Gasteiger partial charge < -0.3 is 15.2 Å². The van der Waals surface area contributed by atoms with Gasteiger partial charge in [0.05, 0.1) is 30.5 Å². The molecular formula is C15H16ClNO2. The van der Waals surface area contributed by atoms with Crippen molar-refractivity contribution in [1.29, 1.82) is 0 Å². The molecule has 0 aliphatic carbocycles. The molecule has 2 aromatic carbocycles. The van der Waals surface area contributed by atoms with Gasteiger partial charge in [-0.25, -0.2) is 0 Å². The minimum atomic E-state index is -0.227. The molecule has 2 aromatic rings. The molecule has 0 saturated heterocycles. The van der Waals surface area contributed by atoms with Gasteiger partial charge in [0.1, 0.15) is 5.75 Å². The van der Waals surface area contributed by atoms with Gasteiger partial charge in [-0.2, -0.15) is 0 Å². The Morgan fingerprint density at radius 1 is 1.21 bits per heavy atom. The fraction of sp³-hybridized carbons (Fsp3) is 0.200. The second kappa shape index (κ2) is 6.45. The van der Waals surface area contributed by atoms with Crippen LogP contribution in [-0.2, 0) is 0 Å². The Hall–Kier alpha value is -1.71. The summed E-state index contributed by atoms with van der Waals surface area (Å²) >= 11 is 6.10. The Kier molecular flexibility index (Phi) is 4.66. The van der Waals surface area contributed by atoms with Gasteiger partial charge >= 0.3 is 0 Å². The van der Waals surface area contributed by atoms with Crippen molar-refractivity contribution in [2.45, 2.75) is 6.04 Å². The van der Waals surface area contributed by atoms with E-state index in [1.165, 1.54) is 0 Å². The van der Waals surface area contributed by atoms with E-state index in [-0.39, 0.29) is 12.6 Å². The van der Waals surface area contributed by atoms with Gasteiger partial charge in [0.15, 0.2) is 0 Å². The maximum atomic E-state index is 9.55. The number of ether oxygens (including phenoxy) is 1. The van der Waals surface area contributed by atoms with Gasteiger partial charge in [0.2, 0.25) is 0 Å². The largest absolute Gasteiger partial charge is 0.497 e. The lowest BCUT2D eigenvalue weighted by Crippen LogP contribution is -2.15. The second-order valence-corrected chi connectivity index (χ2v) is 4.54. The molecule has 1 unspecified atom stereocenters. The molecule has 2 N–H and O–H groups in total. The second-order valence-electron chi connectivity index (χ2n) is 4.14. The zero-order chi connectivity index (χ0) is 13.7. The molecule has 3 nitrogen and oxygen atoms in total. The molecule has 0 aromatic heterocycles. The highest BCUT2D eigenvalue weighted by Gasteiger charge is 2.12. The minimum absolute atomic E-state index is 0.0294. The molecule has 0 heterocycles. The molecule has 0 amide bonds. The zero-order valence-corrected chi connectivity index (χ0v) is 11.4. The molecule has 0 saturated carbocycles. The van der Waals surface area contributed by atoms with Crippen LogP contribution in [0.15, 0.2) is 48.5 Å². The number of halogens is 1. The van der Waals surface area contributed by atoms with E-state index >= 15 is 0 Å². The van der Waals surface area contributed by atoms with Crippen LogP contribution in [0.2, 0.25) is 5.02 Å². The number of para-hydroxylation sites is 1. The summed E-state index contributed by atoms with van der Waals surface area (Å²) in [5, 5.41) is 13.4. The number of anilines is 1. The van der Waals surface area contributed by atoms with Crippen LogP contribution in [0.5, 0.6) is 5.75 Å². The number of aliphatic hydroxyl groups is 1. The van der Waals surface area contributed by atoms with Crippen LogP contribution in [-0.4, -0.2) is 18.8 Å². The van der Waals surface area contributed by atoms with Crippen LogP contribution in [0.4, 0.5) is 5.69 Å². The number of benzene rings is 2. The van der Waals surface area contributed by atoms with Crippen LogP contribution in [0.25, 0.3) is 0 Å². The summed E-state index contributed by atoms with van der Waals surface area (Å²) in [5.41, 5.74) is 1.74. The van der Waals surface area contributed by atoms with E-state index in [2.05, 4.69) is 5.32 Å². The maximum Gasteiger partial charge on any atom is 0.119 e. The average molecular weight is 278 g/mol. The molecule has 19 heavy (non-hydrogen) atoms. The molecule has 2 rings (SSSR count). The average Bonchev–Trinajstić information content (AvgIpc) is 2.46. The fourth-order valence-corrected chi connectivity index (χ4v) is 2.05. The van der Waals surface area contributed by atoms with Crippen LogP contribution in [0, 0.1) is 0 Å². The van der Waals surface area contributed by atoms with E-state index < -0.39 is 0 Å². The lowest BCUT2D eigenvalue weighted by molar-refractivity contribution is 0.276. The molecular weight excluding hydrogens is 262 g/mol. The van der Waals surface area contributed by atoms with E-state index in [1.54, 1.807) is 7.11 Å². The van der Waals surface area contributed by atoms with E-state index in [9.17, 15) is 5.11 Å². The van der Waals surface area contributed by atoms with Crippen molar-refractivity contribution in [2.75, 3.05) is 19.0 Å². The van der Waals surface area contributed by atoms with Crippen LogP contribution < -0.4 is 10.1 Å². The van der Waals surface area contributed by atoms with Crippen molar-refractivity contribution in [3.8, 4) is 5.75 Å². The molecule has 100 valence electrons. The summed E-state index contributed by atoms with van der Waals surface area (Å²) in [7, 11) is 1.62. The molecule has 1 atom stereocenters. The molecule has 0 aliphatic heterocycles. The maximum absolute atomic E-state index is 9.55. The quantitative estimate of drug-likeness (QED) is 0.879. The number of hydrogen-bond donors (Lipinski definition) is 2. The van der Waals surface area contributed by atoms with Gasteiger partial charge in [-0.1, -0.05) is 35.9 Å². The van der Waals surface area contributed by atoms with E-state index in [0.29, 0.717) is 5.02 Å². The molecule has 0 spiro atoms. The number of aliphatic hydroxyl groups excluding tert-OH is 1. The summed E-state index contributed by atoms with van der Waals surface area (Å²) < 4.78 is 5.19. The highest BCUT2D eigenvalue weighted by atomic mass is 35.5. The minimum Gasteiger partial charge on any atom is -0.497 e. The van der Waals surface area contributed by atoms with Crippen molar-refractivity contribution in [1.82, 2.24) is 0 Å². The number of methoxy groups -OCH3 is 1. The molecule has 0 radical (unpaired) electrons. The Morgan fingerprint density at radius 2 is 2.00 bits per heavy atom. The van der Waals surface area contributed by atoms with Crippen LogP contribution >= 0.6 is 11.6 Å². The Morgan fingerprint density at radius 3 is 2.68 bits per heavy atom. The van der Waals surface area contributed by atoms with E-state index in [4.69, 9.17) is 16.3 Å². The first kappa shape index (κ1) is 13.7. The molecule has 0 bridgehead atoms. The third-order valence-corrected chi connectivity index (χ3v) is 3.21. The number of nitrogens with one attached hydrogen (secondary N) is 1. The fourth-order valence-electron chi connectivity index (χ4n) is 1.86. The lowest BCUT2D eigenvalue weighted by atomic mass is 10.1. The highest BCUT2D eigenvalue weighted by molar-refractivity contribution is 6.33. The summed E-state index contributed by atoms with van der Waals surface area (Å²) in [5.74, 6) is 0.761. The molecule has 0 fully saturated rings. The van der Waals surface area contributed by atoms with Crippen molar-refractivity contribution in [2.24, 2.45) is 0 Å². The SMILES string of the molecule is COc1cccc(C(CO)Nc2ccccc2Cl)c1. The van der Waals surface area contributed by atoms with Gasteiger partial charge in [0.25, 0.3) is 0 Å². The van der Waals surface area contributed by atoms with Crippen molar-refractivity contribution >= 4 is 17.3 Å². The Balaban J connectivity index is 2.22. The van der Waals surface area contributed by atoms with E-state index in [1.807, 2.05) is 48.5 Å². The first-order chi connectivity index (χ1) is 9.24. The van der Waals surface area contributed by atoms with Crippen molar-refractivity contribution in [3.63, 3.8) is 0 Å². The monoisotopic (exact) mass is 277 g/mol.